The van der Waals surface area contributed by atoms with E-state index in [-0.39, 0.29) is 11.9 Å². The quantitative estimate of drug-likeness (QED) is 0.835. The summed E-state index contributed by atoms with van der Waals surface area (Å²) in [4.78, 5) is 0. The Balaban J connectivity index is 1.57. The molecule has 0 aliphatic heterocycles. The first-order valence-corrected chi connectivity index (χ1v) is 9.50. The van der Waals surface area contributed by atoms with Crippen LogP contribution in [0.5, 0.6) is 0 Å². The summed E-state index contributed by atoms with van der Waals surface area (Å²) in [6.07, 6.45) is 8.33. The highest BCUT2D eigenvalue weighted by molar-refractivity contribution is 6.30. The van der Waals surface area contributed by atoms with Crippen molar-refractivity contribution in [2.75, 3.05) is 0 Å². The van der Waals surface area contributed by atoms with Gasteiger partial charge in [-0.3, -0.25) is 4.68 Å². The number of nitrogens with two attached hydrogens (primary N) is 1. The Morgan fingerprint density at radius 1 is 1.15 bits per heavy atom. The molecule has 2 aliphatic rings. The number of rotatable bonds is 3. The van der Waals surface area contributed by atoms with Crippen molar-refractivity contribution in [2.45, 2.75) is 31.7 Å². The van der Waals surface area contributed by atoms with Crippen molar-refractivity contribution in [1.82, 2.24) is 9.78 Å². The van der Waals surface area contributed by atoms with Crippen molar-refractivity contribution < 1.29 is 4.39 Å². The molecule has 1 aromatic carbocycles. The van der Waals surface area contributed by atoms with Crippen LogP contribution in [0, 0.1) is 17.7 Å². The lowest BCUT2D eigenvalue weighted by Crippen LogP contribution is -2.30. The average molecular weight is 372 g/mol. The predicted octanol–water partition coefficient (Wildman–Crippen LogP) is 4.88. The molecule has 3 nitrogen and oxygen atoms in total. The van der Waals surface area contributed by atoms with Gasteiger partial charge in [0.25, 0.3) is 0 Å². The molecule has 3 unspecified atom stereocenters. The summed E-state index contributed by atoms with van der Waals surface area (Å²) in [5.74, 6) is 0.825. The zero-order valence-electron chi connectivity index (χ0n) is 14.8. The van der Waals surface area contributed by atoms with Gasteiger partial charge >= 0.3 is 0 Å². The van der Waals surface area contributed by atoms with Gasteiger partial charge in [-0.15, -0.1) is 0 Å². The molecule has 0 radical (unpaired) electrons. The molecule has 1 aromatic heterocycles. The van der Waals surface area contributed by atoms with Gasteiger partial charge in [0.2, 0.25) is 0 Å². The summed E-state index contributed by atoms with van der Waals surface area (Å²) >= 11 is 6.57. The van der Waals surface area contributed by atoms with Crippen molar-refractivity contribution in [3.8, 4) is 11.3 Å². The van der Waals surface area contributed by atoms with Gasteiger partial charge in [-0.2, -0.15) is 5.10 Å². The van der Waals surface area contributed by atoms with E-state index in [9.17, 15) is 4.39 Å². The number of nitrogens with zero attached hydrogens (tertiary/aromatic N) is 2. The third-order valence-corrected chi connectivity index (χ3v) is 6.16. The number of hydrogen-bond donors (Lipinski definition) is 1. The maximum absolute atomic E-state index is 13.1. The lowest BCUT2D eigenvalue weighted by molar-refractivity contribution is 0.422. The highest BCUT2D eigenvalue weighted by Crippen LogP contribution is 2.43. The van der Waals surface area contributed by atoms with E-state index in [4.69, 9.17) is 17.3 Å². The molecule has 4 rings (SSSR count). The largest absolute Gasteiger partial charge is 0.327 e. The third-order valence-electron chi connectivity index (χ3n) is 5.76. The van der Waals surface area contributed by atoms with Crippen molar-refractivity contribution in [1.29, 1.82) is 0 Å². The van der Waals surface area contributed by atoms with Gasteiger partial charge in [-0.05, 0) is 85.1 Å². The highest BCUT2D eigenvalue weighted by Gasteiger charge is 2.36. The van der Waals surface area contributed by atoms with Gasteiger partial charge in [0, 0.05) is 18.1 Å². The summed E-state index contributed by atoms with van der Waals surface area (Å²) < 4.78 is 14.9. The van der Waals surface area contributed by atoms with Crippen LogP contribution in [-0.2, 0) is 7.05 Å². The fourth-order valence-corrected chi connectivity index (χ4v) is 4.57. The SMILES string of the molecule is Cn1nc(/C=C/C2=C(Cl)CC3CCC(C2)C3N)cc1-c1ccc(F)cc1. The Morgan fingerprint density at radius 3 is 2.58 bits per heavy atom. The van der Waals surface area contributed by atoms with E-state index in [1.807, 2.05) is 23.9 Å². The molecule has 0 saturated heterocycles. The zero-order chi connectivity index (χ0) is 18.3. The smallest absolute Gasteiger partial charge is 0.123 e. The highest BCUT2D eigenvalue weighted by atomic mass is 35.5. The molecule has 0 amide bonds. The van der Waals surface area contributed by atoms with E-state index in [1.54, 1.807) is 12.1 Å². The second kappa shape index (κ2) is 7.01. The first-order chi connectivity index (χ1) is 12.5. The van der Waals surface area contributed by atoms with Crippen LogP contribution in [0.3, 0.4) is 0 Å². The van der Waals surface area contributed by atoms with Crippen LogP contribution in [0.4, 0.5) is 4.39 Å². The van der Waals surface area contributed by atoms with Crippen LogP contribution in [0.1, 0.15) is 31.4 Å². The molecule has 26 heavy (non-hydrogen) atoms. The average Bonchev–Trinajstić information content (AvgIpc) is 3.11. The lowest BCUT2D eigenvalue weighted by Gasteiger charge is -2.16. The Morgan fingerprint density at radius 2 is 1.85 bits per heavy atom. The van der Waals surface area contributed by atoms with Gasteiger partial charge < -0.3 is 5.73 Å². The molecular weight excluding hydrogens is 349 g/mol. The topological polar surface area (TPSA) is 43.8 Å². The summed E-state index contributed by atoms with van der Waals surface area (Å²) in [6.45, 7) is 0. The number of aryl methyl sites for hydroxylation is 1. The van der Waals surface area contributed by atoms with E-state index in [1.165, 1.54) is 30.5 Å². The molecule has 2 aromatic rings. The molecule has 5 heteroatoms. The van der Waals surface area contributed by atoms with Gasteiger partial charge in [0.05, 0.1) is 11.4 Å². The number of benzene rings is 1. The number of aromatic nitrogens is 2. The molecular formula is C21H23ClFN3. The van der Waals surface area contributed by atoms with Crippen molar-refractivity contribution in [3.63, 3.8) is 0 Å². The molecule has 136 valence electrons. The number of fused-ring (bicyclic) bond motifs is 2. The minimum Gasteiger partial charge on any atom is -0.327 e. The maximum atomic E-state index is 13.1. The second-order valence-electron chi connectivity index (χ2n) is 7.43. The lowest BCUT2D eigenvalue weighted by atomic mass is 9.95. The molecule has 3 atom stereocenters. The van der Waals surface area contributed by atoms with E-state index in [0.29, 0.717) is 11.8 Å². The Kier molecular flexibility index (Phi) is 4.72. The van der Waals surface area contributed by atoms with E-state index >= 15 is 0 Å². The number of hydrogen-bond acceptors (Lipinski definition) is 2. The van der Waals surface area contributed by atoms with Gasteiger partial charge in [0.15, 0.2) is 0 Å². The van der Waals surface area contributed by atoms with Crippen molar-refractivity contribution in [2.24, 2.45) is 24.6 Å². The second-order valence-corrected chi connectivity index (χ2v) is 7.89. The van der Waals surface area contributed by atoms with Crippen LogP contribution >= 0.6 is 11.6 Å². The molecule has 2 bridgehead atoms. The summed E-state index contributed by atoms with van der Waals surface area (Å²) in [7, 11) is 1.89. The minimum atomic E-state index is -0.238. The summed E-state index contributed by atoms with van der Waals surface area (Å²) in [5, 5.41) is 5.49. The predicted molar refractivity (Wildman–Crippen MR) is 104 cm³/mol. The molecule has 0 spiro atoms. The number of halogens is 2. The standard InChI is InChI=1S/C21H23ClFN3/c1-26-20(13-4-7-17(23)8-5-13)12-18(25-26)9-6-14-10-15-2-3-16(21(15)24)11-19(14)22/h4-9,12,15-16,21H,2-3,10-11,24H2,1H3/b9-6+. The van der Waals surface area contributed by atoms with Crippen LogP contribution in [0.15, 0.2) is 47.0 Å². The maximum Gasteiger partial charge on any atom is 0.123 e. The van der Waals surface area contributed by atoms with Gasteiger partial charge in [-0.25, -0.2) is 4.39 Å². The molecule has 2 N–H and O–H groups in total. The van der Waals surface area contributed by atoms with Crippen LogP contribution in [-0.4, -0.2) is 15.8 Å². The van der Waals surface area contributed by atoms with Crippen LogP contribution in [0.25, 0.3) is 17.3 Å². The summed E-state index contributed by atoms with van der Waals surface area (Å²) in [5.41, 5.74) is 10.3. The molecule has 1 fully saturated rings. The Bertz CT molecular complexity index is 866. The zero-order valence-corrected chi connectivity index (χ0v) is 15.6. The Hall–Kier alpha value is -1.91. The normalized spacial score (nSPS) is 25.9. The fourth-order valence-electron chi connectivity index (χ4n) is 4.23. The third kappa shape index (κ3) is 3.36. The molecule has 1 saturated carbocycles. The Labute approximate surface area is 158 Å². The first-order valence-electron chi connectivity index (χ1n) is 9.12. The van der Waals surface area contributed by atoms with E-state index in [0.717, 1.165) is 34.8 Å². The van der Waals surface area contributed by atoms with Crippen LogP contribution in [0.2, 0.25) is 0 Å². The van der Waals surface area contributed by atoms with E-state index in [2.05, 4.69) is 11.2 Å². The van der Waals surface area contributed by atoms with Crippen LogP contribution < -0.4 is 5.73 Å². The van der Waals surface area contributed by atoms with Gasteiger partial charge in [0.1, 0.15) is 5.82 Å². The monoisotopic (exact) mass is 371 g/mol. The van der Waals surface area contributed by atoms with E-state index < -0.39 is 0 Å². The molecule has 2 aliphatic carbocycles. The minimum absolute atomic E-state index is 0.238. The van der Waals surface area contributed by atoms with Crippen molar-refractivity contribution in [3.05, 3.63) is 58.5 Å². The van der Waals surface area contributed by atoms with Crippen molar-refractivity contribution >= 4 is 17.7 Å². The first kappa shape index (κ1) is 17.5. The van der Waals surface area contributed by atoms with Gasteiger partial charge in [-0.1, -0.05) is 17.7 Å². The summed E-state index contributed by atoms with van der Waals surface area (Å²) in [6, 6.07) is 8.74. The number of allylic oxidation sites excluding steroid dienone is 3. The molecule has 1 heterocycles. The fraction of sp³-hybridized carbons (Fsp3) is 0.381.